The summed E-state index contributed by atoms with van der Waals surface area (Å²) >= 11 is 0.980. The van der Waals surface area contributed by atoms with Gasteiger partial charge in [-0.1, -0.05) is 0 Å². The maximum absolute atomic E-state index is 12.3. The lowest BCUT2D eigenvalue weighted by Gasteiger charge is -2.12. The molecule has 1 amide bonds. The van der Waals surface area contributed by atoms with Gasteiger partial charge in [-0.15, -0.1) is 11.3 Å². The highest BCUT2D eigenvalue weighted by atomic mass is 32.2. The summed E-state index contributed by atoms with van der Waals surface area (Å²) in [7, 11) is -3.92. The van der Waals surface area contributed by atoms with E-state index < -0.39 is 16.0 Å². The first-order valence-corrected chi connectivity index (χ1v) is 8.95. The molecule has 1 aromatic heterocycles. The van der Waals surface area contributed by atoms with Crippen molar-refractivity contribution in [1.29, 1.82) is 0 Å². The third-order valence-corrected chi connectivity index (χ3v) is 6.36. The summed E-state index contributed by atoms with van der Waals surface area (Å²) in [4.78, 5) is 22.9. The first-order valence-electron chi connectivity index (χ1n) is 6.65. The van der Waals surface area contributed by atoms with Gasteiger partial charge >= 0.3 is 5.97 Å². The Morgan fingerprint density at radius 1 is 1.36 bits per heavy atom. The van der Waals surface area contributed by atoms with Crippen molar-refractivity contribution in [2.24, 2.45) is 0 Å². The zero-order valence-corrected chi connectivity index (χ0v) is 13.6. The van der Waals surface area contributed by atoms with Crippen LogP contribution in [0.3, 0.4) is 0 Å². The van der Waals surface area contributed by atoms with Gasteiger partial charge in [0.25, 0.3) is 10.0 Å². The van der Waals surface area contributed by atoms with Gasteiger partial charge in [0.15, 0.2) is 0 Å². The van der Waals surface area contributed by atoms with E-state index in [0.29, 0.717) is 25.1 Å². The summed E-state index contributed by atoms with van der Waals surface area (Å²) in [5, 5.41) is 14.9. The van der Waals surface area contributed by atoms with Crippen LogP contribution in [-0.4, -0.2) is 45.0 Å². The summed E-state index contributed by atoms with van der Waals surface area (Å²) in [6.07, 6.45) is 0.495. The molecule has 8 nitrogen and oxygen atoms in total. The highest BCUT2D eigenvalue weighted by Gasteiger charge is 2.31. The Labute approximate surface area is 132 Å². The predicted molar refractivity (Wildman–Crippen MR) is 80.6 cm³/mol. The smallest absolute Gasteiger partial charge is 0.338 e. The van der Waals surface area contributed by atoms with Gasteiger partial charge < -0.3 is 15.7 Å². The number of amides is 1. The fourth-order valence-corrected chi connectivity index (χ4v) is 5.14. The van der Waals surface area contributed by atoms with Crippen molar-refractivity contribution < 1.29 is 23.1 Å². The number of carbonyl (C=O) groups is 2. The van der Waals surface area contributed by atoms with Crippen LogP contribution in [0, 0.1) is 0 Å². The van der Waals surface area contributed by atoms with E-state index in [0.717, 1.165) is 16.2 Å². The van der Waals surface area contributed by atoms with Crippen molar-refractivity contribution in [3.63, 3.8) is 0 Å². The lowest BCUT2D eigenvalue weighted by molar-refractivity contribution is -0.118. The zero-order valence-electron chi connectivity index (χ0n) is 11.9. The number of carboxylic acid groups (broad SMARTS) is 1. The van der Waals surface area contributed by atoms with E-state index in [1.54, 1.807) is 0 Å². The molecule has 0 saturated heterocycles. The summed E-state index contributed by atoms with van der Waals surface area (Å²) in [6.45, 7) is 2.57. The van der Waals surface area contributed by atoms with Gasteiger partial charge in [-0.05, 0) is 18.5 Å². The zero-order chi connectivity index (χ0) is 16.3. The third kappa shape index (κ3) is 3.64. The van der Waals surface area contributed by atoms with Crippen LogP contribution >= 0.6 is 11.3 Å². The van der Waals surface area contributed by atoms with Crippen molar-refractivity contribution in [2.45, 2.75) is 24.1 Å². The minimum Gasteiger partial charge on any atom is -0.478 e. The Hall–Kier alpha value is -1.49. The van der Waals surface area contributed by atoms with E-state index in [1.807, 2.05) is 0 Å². The number of carbonyl (C=O) groups excluding carboxylic acids is 1. The van der Waals surface area contributed by atoms with Crippen LogP contribution in [-0.2, 0) is 27.8 Å². The Bertz CT molecular complexity index is 696. The molecule has 4 N–H and O–H groups in total. The number of thiophene rings is 1. The second-order valence-corrected chi connectivity index (χ2v) is 7.85. The maximum atomic E-state index is 12.3. The molecular formula is C12H17N3O5S2. The van der Waals surface area contributed by atoms with Crippen molar-refractivity contribution in [2.75, 3.05) is 19.6 Å². The Morgan fingerprint density at radius 3 is 2.73 bits per heavy atom. The Morgan fingerprint density at radius 2 is 2.09 bits per heavy atom. The molecule has 0 saturated carbocycles. The van der Waals surface area contributed by atoms with E-state index >= 15 is 0 Å². The number of sulfonamides is 1. The molecule has 1 aromatic rings. The minimum absolute atomic E-state index is 0.00177. The summed E-state index contributed by atoms with van der Waals surface area (Å²) in [5.74, 6) is -1.50. The van der Waals surface area contributed by atoms with Crippen molar-refractivity contribution in [1.82, 2.24) is 15.4 Å². The SMILES string of the molecule is CC(=O)NCCNS(=O)(=O)c1sc2c(c1C(=O)O)CCNC2. The lowest BCUT2D eigenvalue weighted by Crippen LogP contribution is -2.33. The average Bonchev–Trinajstić information content (AvgIpc) is 2.84. The fraction of sp³-hybridized carbons (Fsp3) is 0.500. The second kappa shape index (κ2) is 6.73. The van der Waals surface area contributed by atoms with E-state index in [-0.39, 0.29) is 28.8 Å². The summed E-state index contributed by atoms with van der Waals surface area (Å²) < 4.78 is 26.8. The number of aromatic carboxylic acids is 1. The molecule has 0 aliphatic carbocycles. The van der Waals surface area contributed by atoms with Crippen LogP contribution in [0.15, 0.2) is 4.21 Å². The first-order chi connectivity index (χ1) is 10.3. The van der Waals surface area contributed by atoms with E-state index in [4.69, 9.17) is 0 Å². The van der Waals surface area contributed by atoms with Crippen LogP contribution in [0.2, 0.25) is 0 Å². The molecule has 0 spiro atoms. The predicted octanol–water partition coefficient (Wildman–Crippen LogP) is -0.494. The van der Waals surface area contributed by atoms with Crippen LogP contribution in [0.4, 0.5) is 0 Å². The van der Waals surface area contributed by atoms with Crippen LogP contribution in [0.5, 0.6) is 0 Å². The van der Waals surface area contributed by atoms with Gasteiger partial charge in [-0.25, -0.2) is 17.9 Å². The molecule has 10 heteroatoms. The quantitative estimate of drug-likeness (QED) is 0.515. The topological polar surface area (TPSA) is 125 Å². The van der Waals surface area contributed by atoms with Gasteiger partial charge in [0.05, 0.1) is 5.56 Å². The van der Waals surface area contributed by atoms with Gasteiger partial charge in [0.1, 0.15) is 4.21 Å². The number of nitrogens with one attached hydrogen (secondary N) is 3. The van der Waals surface area contributed by atoms with Gasteiger partial charge in [0, 0.05) is 31.4 Å². The van der Waals surface area contributed by atoms with E-state index in [1.165, 1.54) is 6.92 Å². The lowest BCUT2D eigenvalue weighted by atomic mass is 10.1. The fourth-order valence-electron chi connectivity index (χ4n) is 2.20. The molecule has 1 aliphatic rings. The maximum Gasteiger partial charge on any atom is 0.338 e. The van der Waals surface area contributed by atoms with Crippen LogP contribution in [0.1, 0.15) is 27.7 Å². The van der Waals surface area contributed by atoms with Gasteiger partial charge in [0.2, 0.25) is 5.91 Å². The van der Waals surface area contributed by atoms with E-state index in [2.05, 4.69) is 15.4 Å². The molecule has 2 rings (SSSR count). The molecule has 0 aromatic carbocycles. The van der Waals surface area contributed by atoms with Crippen molar-refractivity contribution >= 4 is 33.2 Å². The molecule has 1 aliphatic heterocycles. The van der Waals surface area contributed by atoms with Crippen LogP contribution < -0.4 is 15.4 Å². The van der Waals surface area contributed by atoms with Crippen LogP contribution in [0.25, 0.3) is 0 Å². The number of hydrogen-bond donors (Lipinski definition) is 4. The Balaban J connectivity index is 2.25. The highest BCUT2D eigenvalue weighted by Crippen LogP contribution is 2.34. The molecule has 0 radical (unpaired) electrons. The number of fused-ring (bicyclic) bond motifs is 1. The number of hydrogen-bond acceptors (Lipinski definition) is 6. The number of carboxylic acids is 1. The molecule has 0 bridgehead atoms. The van der Waals surface area contributed by atoms with Crippen molar-refractivity contribution in [3.8, 4) is 0 Å². The highest BCUT2D eigenvalue weighted by molar-refractivity contribution is 7.91. The molecule has 0 unspecified atom stereocenters. The molecule has 0 fully saturated rings. The van der Waals surface area contributed by atoms with Gasteiger partial charge in [-0.2, -0.15) is 0 Å². The number of rotatable bonds is 6. The molecule has 0 atom stereocenters. The standard InChI is InChI=1S/C12H17N3O5S2/c1-7(16)14-4-5-15-22(19,20)12-10(11(17)18)8-2-3-13-6-9(8)21-12/h13,15H,2-6H2,1H3,(H,14,16)(H,17,18). The van der Waals surface area contributed by atoms with Crippen molar-refractivity contribution in [3.05, 3.63) is 16.0 Å². The summed E-state index contributed by atoms with van der Waals surface area (Å²) in [5.41, 5.74) is 0.465. The molecule has 2 heterocycles. The molecular weight excluding hydrogens is 330 g/mol. The second-order valence-electron chi connectivity index (χ2n) is 4.78. The monoisotopic (exact) mass is 347 g/mol. The summed E-state index contributed by atoms with van der Waals surface area (Å²) in [6, 6.07) is 0. The molecule has 122 valence electrons. The van der Waals surface area contributed by atoms with E-state index in [9.17, 15) is 23.1 Å². The largest absolute Gasteiger partial charge is 0.478 e. The van der Waals surface area contributed by atoms with Gasteiger partial charge in [-0.3, -0.25) is 4.79 Å². The Kier molecular flexibility index (Phi) is 5.16. The molecule has 22 heavy (non-hydrogen) atoms. The first kappa shape index (κ1) is 16.9. The average molecular weight is 347 g/mol. The third-order valence-electron chi connectivity index (χ3n) is 3.14. The normalized spacial score (nSPS) is 14.4. The minimum atomic E-state index is -3.92.